The number of aromatic nitrogens is 2. The summed E-state index contributed by atoms with van der Waals surface area (Å²) in [6.45, 7) is 3.33. The van der Waals surface area contributed by atoms with E-state index in [0.717, 1.165) is 84.1 Å². The highest BCUT2D eigenvalue weighted by Gasteiger charge is 2.24. The van der Waals surface area contributed by atoms with E-state index >= 15 is 0 Å². The van der Waals surface area contributed by atoms with Gasteiger partial charge in [-0.25, -0.2) is 4.98 Å². The van der Waals surface area contributed by atoms with Gasteiger partial charge in [-0.2, -0.15) is 0 Å². The van der Waals surface area contributed by atoms with Crippen molar-refractivity contribution in [3.63, 3.8) is 0 Å². The van der Waals surface area contributed by atoms with Gasteiger partial charge in [0, 0.05) is 62.1 Å². The van der Waals surface area contributed by atoms with Crippen LogP contribution < -0.4 is 4.74 Å². The van der Waals surface area contributed by atoms with E-state index in [0.29, 0.717) is 17.2 Å². The number of rotatable bonds is 6. The average molecular weight is 543 g/mol. The first-order chi connectivity index (χ1) is 19.0. The predicted molar refractivity (Wildman–Crippen MR) is 154 cm³/mol. The third-order valence-electron chi connectivity index (χ3n) is 7.90. The van der Waals surface area contributed by atoms with E-state index in [1.165, 1.54) is 6.42 Å². The molecule has 0 unspecified atom stereocenters. The van der Waals surface area contributed by atoms with Crippen LogP contribution in [0.25, 0.3) is 21.5 Å². The number of benzene rings is 2. The van der Waals surface area contributed by atoms with Gasteiger partial charge in [0.05, 0.1) is 27.0 Å². The highest BCUT2D eigenvalue weighted by molar-refractivity contribution is 7.18. The molecule has 0 radical (unpaired) electrons. The standard InChI is InChI=1S/C31H34N4O3S/c1-34-14-16-35(17-15-34)31(37)22-8-6-21(7-9-22)27-19-25(12-13-32-27)38-24-10-11-26-29(20-24)39-30(33-26)18-23-4-2-3-5-28(23)36/h6-13,19-20,23,28,36H,2-5,14-18H2,1H3/t23-,28+/m0/s1. The second-order valence-corrected chi connectivity index (χ2v) is 11.8. The zero-order valence-corrected chi connectivity index (χ0v) is 23.1. The molecule has 7 nitrogen and oxygen atoms in total. The average Bonchev–Trinajstić information content (AvgIpc) is 3.36. The van der Waals surface area contributed by atoms with Crippen LogP contribution in [0.2, 0.25) is 0 Å². The lowest BCUT2D eigenvalue weighted by atomic mass is 9.84. The molecule has 1 amide bonds. The lowest BCUT2D eigenvalue weighted by molar-refractivity contribution is 0.0664. The number of thiazole rings is 1. The van der Waals surface area contributed by atoms with Crippen molar-refractivity contribution in [3.8, 4) is 22.8 Å². The first-order valence-corrected chi connectivity index (χ1v) is 14.6. The van der Waals surface area contributed by atoms with Crippen molar-refractivity contribution in [1.82, 2.24) is 19.8 Å². The largest absolute Gasteiger partial charge is 0.457 e. The van der Waals surface area contributed by atoms with Crippen LogP contribution in [-0.2, 0) is 6.42 Å². The van der Waals surface area contributed by atoms with Crippen molar-refractivity contribution in [2.24, 2.45) is 5.92 Å². The Balaban J connectivity index is 1.13. The van der Waals surface area contributed by atoms with E-state index < -0.39 is 0 Å². The van der Waals surface area contributed by atoms with Crippen LogP contribution in [0.4, 0.5) is 0 Å². The quantitative estimate of drug-likeness (QED) is 0.340. The summed E-state index contributed by atoms with van der Waals surface area (Å²) in [6, 6.07) is 17.4. The minimum absolute atomic E-state index is 0.0798. The second-order valence-electron chi connectivity index (χ2n) is 10.7. The minimum atomic E-state index is -0.209. The molecule has 8 heteroatoms. The number of amides is 1. The summed E-state index contributed by atoms with van der Waals surface area (Å²) < 4.78 is 7.29. The lowest BCUT2D eigenvalue weighted by Crippen LogP contribution is -2.47. The molecule has 2 aliphatic rings. The number of carbonyl (C=O) groups is 1. The van der Waals surface area contributed by atoms with Crippen molar-refractivity contribution in [2.75, 3.05) is 33.2 Å². The van der Waals surface area contributed by atoms with Gasteiger partial charge in [-0.05, 0) is 56.1 Å². The topological polar surface area (TPSA) is 78.8 Å². The van der Waals surface area contributed by atoms with E-state index in [1.807, 2.05) is 59.5 Å². The molecule has 0 bridgehead atoms. The maximum Gasteiger partial charge on any atom is 0.253 e. The fraction of sp³-hybridized carbons (Fsp3) is 0.387. The molecule has 1 N–H and O–H groups in total. The Morgan fingerprint density at radius 1 is 1.00 bits per heavy atom. The van der Waals surface area contributed by atoms with Gasteiger partial charge in [-0.1, -0.05) is 25.0 Å². The predicted octanol–water partition coefficient (Wildman–Crippen LogP) is 5.63. The summed E-state index contributed by atoms with van der Waals surface area (Å²) in [7, 11) is 2.08. The van der Waals surface area contributed by atoms with Crippen LogP contribution in [-0.4, -0.2) is 70.1 Å². The maximum absolute atomic E-state index is 12.9. The van der Waals surface area contributed by atoms with Gasteiger partial charge in [0.15, 0.2) is 0 Å². The van der Waals surface area contributed by atoms with Gasteiger partial charge >= 0.3 is 0 Å². The highest BCUT2D eigenvalue weighted by atomic mass is 32.1. The molecule has 2 fully saturated rings. The summed E-state index contributed by atoms with van der Waals surface area (Å²) in [5.74, 6) is 1.84. The Labute approximate surface area is 233 Å². The fourth-order valence-corrected chi connectivity index (χ4v) is 6.59. The zero-order chi connectivity index (χ0) is 26.8. The van der Waals surface area contributed by atoms with Gasteiger partial charge in [0.25, 0.3) is 5.91 Å². The molecule has 202 valence electrons. The molecule has 6 rings (SSSR count). The minimum Gasteiger partial charge on any atom is -0.457 e. The normalized spacial score (nSPS) is 20.3. The van der Waals surface area contributed by atoms with Crippen LogP contribution in [0.15, 0.2) is 60.8 Å². The molecule has 2 atom stereocenters. The number of piperazine rings is 1. The van der Waals surface area contributed by atoms with Gasteiger partial charge in [-0.3, -0.25) is 9.78 Å². The monoisotopic (exact) mass is 542 g/mol. The highest BCUT2D eigenvalue weighted by Crippen LogP contribution is 2.33. The number of pyridine rings is 1. The van der Waals surface area contributed by atoms with Crippen LogP contribution >= 0.6 is 11.3 Å². The number of fused-ring (bicyclic) bond motifs is 1. The molecule has 1 aliphatic carbocycles. The van der Waals surface area contributed by atoms with Crippen LogP contribution in [0.1, 0.15) is 41.0 Å². The third-order valence-corrected chi connectivity index (χ3v) is 8.94. The summed E-state index contributed by atoms with van der Waals surface area (Å²) in [6.07, 6.45) is 6.66. The van der Waals surface area contributed by atoms with E-state index in [1.54, 1.807) is 17.5 Å². The Hall–Kier alpha value is -3.33. The van der Waals surface area contributed by atoms with E-state index in [9.17, 15) is 9.90 Å². The summed E-state index contributed by atoms with van der Waals surface area (Å²) >= 11 is 1.68. The van der Waals surface area contributed by atoms with Crippen LogP contribution in [0, 0.1) is 5.92 Å². The van der Waals surface area contributed by atoms with Gasteiger partial charge < -0.3 is 19.6 Å². The smallest absolute Gasteiger partial charge is 0.253 e. The SMILES string of the molecule is CN1CCN(C(=O)c2ccc(-c3cc(Oc4ccc5nc(C[C@@H]6CCCC[C@H]6O)sc5c4)ccn3)cc2)CC1. The Bertz CT molecular complexity index is 1450. The van der Waals surface area contributed by atoms with Crippen molar-refractivity contribution in [2.45, 2.75) is 38.2 Å². The van der Waals surface area contributed by atoms with Gasteiger partial charge in [-0.15, -0.1) is 11.3 Å². The first kappa shape index (κ1) is 25.9. The number of carbonyl (C=O) groups excluding carboxylic acids is 1. The lowest BCUT2D eigenvalue weighted by Gasteiger charge is -2.32. The number of hydrogen-bond acceptors (Lipinski definition) is 7. The molecule has 1 saturated heterocycles. The van der Waals surface area contributed by atoms with E-state index in [4.69, 9.17) is 9.72 Å². The molecule has 4 aromatic rings. The van der Waals surface area contributed by atoms with Crippen molar-refractivity contribution in [1.29, 1.82) is 0 Å². The Morgan fingerprint density at radius 3 is 2.56 bits per heavy atom. The fourth-order valence-electron chi connectivity index (χ4n) is 5.50. The second kappa shape index (κ2) is 11.4. The molecule has 0 spiro atoms. The molecule has 2 aromatic carbocycles. The molecule has 3 heterocycles. The van der Waals surface area contributed by atoms with Crippen molar-refractivity contribution >= 4 is 27.5 Å². The Kier molecular flexibility index (Phi) is 7.59. The van der Waals surface area contributed by atoms with Crippen molar-refractivity contribution < 1.29 is 14.6 Å². The summed E-state index contributed by atoms with van der Waals surface area (Å²) in [5, 5.41) is 11.4. The zero-order valence-electron chi connectivity index (χ0n) is 22.3. The molecule has 1 saturated carbocycles. The summed E-state index contributed by atoms with van der Waals surface area (Å²) in [4.78, 5) is 26.4. The van der Waals surface area contributed by atoms with Crippen LogP contribution in [0.5, 0.6) is 11.5 Å². The molecular formula is C31H34N4O3S. The number of aliphatic hydroxyl groups excluding tert-OH is 1. The number of aliphatic hydroxyl groups is 1. The molecule has 1 aliphatic heterocycles. The first-order valence-electron chi connectivity index (χ1n) is 13.8. The third kappa shape index (κ3) is 5.98. The van der Waals surface area contributed by atoms with E-state index in [-0.39, 0.29) is 12.0 Å². The van der Waals surface area contributed by atoms with Crippen molar-refractivity contribution in [3.05, 3.63) is 71.4 Å². The number of nitrogens with zero attached hydrogens (tertiary/aromatic N) is 4. The number of hydrogen-bond donors (Lipinski definition) is 1. The summed E-state index contributed by atoms with van der Waals surface area (Å²) in [5.41, 5.74) is 3.39. The van der Waals surface area contributed by atoms with Gasteiger partial charge in [0.2, 0.25) is 0 Å². The molecule has 2 aromatic heterocycles. The van der Waals surface area contributed by atoms with E-state index in [2.05, 4.69) is 16.9 Å². The van der Waals surface area contributed by atoms with Crippen LogP contribution in [0.3, 0.4) is 0 Å². The number of likely N-dealkylation sites (N-methyl/N-ethyl adjacent to an activating group) is 1. The molecule has 39 heavy (non-hydrogen) atoms. The maximum atomic E-state index is 12.9. The molecular weight excluding hydrogens is 508 g/mol. The number of ether oxygens (including phenoxy) is 1. The van der Waals surface area contributed by atoms with Gasteiger partial charge in [0.1, 0.15) is 11.5 Å². The Morgan fingerprint density at radius 2 is 1.77 bits per heavy atom.